The molecule has 1 aromatic carbocycles. The molecule has 0 aliphatic rings. The maximum atomic E-state index is 11.6. The maximum absolute atomic E-state index is 11.6. The molecule has 0 bridgehead atoms. The molecule has 0 radical (unpaired) electrons. The number of carbonyl (C=O) groups is 1. The summed E-state index contributed by atoms with van der Waals surface area (Å²) in [5, 5.41) is 0. The molecule has 5 nitrogen and oxygen atoms in total. The van der Waals surface area contributed by atoms with Crippen molar-refractivity contribution in [2.24, 2.45) is 10.7 Å². The number of methoxy groups -OCH3 is 1. The van der Waals surface area contributed by atoms with E-state index in [1.54, 1.807) is 27.9 Å². The summed E-state index contributed by atoms with van der Waals surface area (Å²) < 4.78 is 10.3. The van der Waals surface area contributed by atoms with Crippen LogP contribution in [0.25, 0.3) is 0 Å². The van der Waals surface area contributed by atoms with E-state index in [-0.39, 0.29) is 5.84 Å². The van der Waals surface area contributed by atoms with Gasteiger partial charge in [0.15, 0.2) is 0 Å². The van der Waals surface area contributed by atoms with Crippen molar-refractivity contribution in [3.63, 3.8) is 0 Å². The van der Waals surface area contributed by atoms with E-state index in [9.17, 15) is 4.79 Å². The van der Waals surface area contributed by atoms with Crippen LogP contribution in [0.1, 0.15) is 31.9 Å². The monoisotopic (exact) mass is 278 g/mol. The van der Waals surface area contributed by atoms with E-state index in [0.717, 1.165) is 16.9 Å². The quantitative estimate of drug-likeness (QED) is 0.681. The summed E-state index contributed by atoms with van der Waals surface area (Å²) in [6.45, 7) is 7.31. The van der Waals surface area contributed by atoms with Crippen LogP contribution in [0, 0.1) is 6.92 Å². The Kier molecular flexibility index (Phi) is 5.13. The predicted molar refractivity (Wildman–Crippen MR) is 79.3 cm³/mol. The second kappa shape index (κ2) is 6.41. The number of nitrogens with zero attached hydrogens (tertiary/aromatic N) is 1. The number of nitrogens with two attached hydrogens (primary N) is 1. The number of amides is 1. The van der Waals surface area contributed by atoms with E-state index >= 15 is 0 Å². The van der Waals surface area contributed by atoms with Gasteiger partial charge in [0.1, 0.15) is 17.2 Å². The van der Waals surface area contributed by atoms with Crippen LogP contribution in [0.15, 0.2) is 23.2 Å². The van der Waals surface area contributed by atoms with Crippen molar-refractivity contribution in [1.82, 2.24) is 0 Å². The number of amidine groups is 1. The van der Waals surface area contributed by atoms with Gasteiger partial charge in [-0.25, -0.2) is 4.79 Å². The van der Waals surface area contributed by atoms with E-state index in [4.69, 9.17) is 15.2 Å². The molecule has 0 aromatic heterocycles. The number of hydrogen-bond donors (Lipinski definition) is 1. The van der Waals surface area contributed by atoms with E-state index in [1.165, 1.54) is 0 Å². The van der Waals surface area contributed by atoms with E-state index in [0.29, 0.717) is 6.42 Å². The normalized spacial score (nSPS) is 12.2. The molecule has 5 heteroatoms. The molecule has 1 aromatic rings. The number of aliphatic imine (C=N–C) groups is 1. The SMILES string of the molecule is COc1ccc(C)cc1C/C(N)=N/C(=O)OC(C)(C)C. The molecule has 110 valence electrons. The summed E-state index contributed by atoms with van der Waals surface area (Å²) >= 11 is 0. The Bertz CT molecular complexity index is 516. The minimum atomic E-state index is -0.679. The third kappa shape index (κ3) is 5.30. The number of aryl methyl sites for hydroxylation is 1. The number of hydrogen-bond acceptors (Lipinski definition) is 3. The summed E-state index contributed by atoms with van der Waals surface area (Å²) in [6, 6.07) is 5.77. The molecule has 0 spiro atoms. The fourth-order valence-electron chi connectivity index (χ4n) is 1.68. The summed E-state index contributed by atoms with van der Waals surface area (Å²) in [4.78, 5) is 15.3. The number of benzene rings is 1. The van der Waals surface area contributed by atoms with Crippen molar-refractivity contribution in [3.8, 4) is 5.75 Å². The van der Waals surface area contributed by atoms with Crippen molar-refractivity contribution in [3.05, 3.63) is 29.3 Å². The summed E-state index contributed by atoms with van der Waals surface area (Å²) in [5.74, 6) is 0.918. The fraction of sp³-hybridized carbons (Fsp3) is 0.467. The van der Waals surface area contributed by atoms with Gasteiger partial charge in [0.2, 0.25) is 0 Å². The summed E-state index contributed by atoms with van der Waals surface area (Å²) in [6.07, 6.45) is -0.342. The first-order chi connectivity index (χ1) is 9.21. The molecule has 0 atom stereocenters. The van der Waals surface area contributed by atoms with Crippen LogP contribution < -0.4 is 10.5 Å². The zero-order valence-corrected chi connectivity index (χ0v) is 12.7. The molecule has 1 amide bonds. The van der Waals surface area contributed by atoms with E-state index in [2.05, 4.69) is 4.99 Å². The van der Waals surface area contributed by atoms with Crippen LogP contribution >= 0.6 is 0 Å². The largest absolute Gasteiger partial charge is 0.496 e. The average Bonchev–Trinajstić information content (AvgIpc) is 2.26. The zero-order chi connectivity index (χ0) is 15.3. The second-order valence-corrected chi connectivity index (χ2v) is 5.58. The minimum Gasteiger partial charge on any atom is -0.496 e. The van der Waals surface area contributed by atoms with Crippen molar-refractivity contribution < 1.29 is 14.3 Å². The van der Waals surface area contributed by atoms with Gasteiger partial charge < -0.3 is 15.2 Å². The van der Waals surface area contributed by atoms with E-state index < -0.39 is 11.7 Å². The van der Waals surface area contributed by atoms with Crippen LogP contribution in [0.2, 0.25) is 0 Å². The van der Waals surface area contributed by atoms with Gasteiger partial charge in [-0.2, -0.15) is 4.99 Å². The van der Waals surface area contributed by atoms with Gasteiger partial charge in [-0.15, -0.1) is 0 Å². The highest BCUT2D eigenvalue weighted by Crippen LogP contribution is 2.20. The van der Waals surface area contributed by atoms with Gasteiger partial charge >= 0.3 is 6.09 Å². The maximum Gasteiger partial charge on any atom is 0.435 e. The Labute approximate surface area is 119 Å². The molecular formula is C15H22N2O3. The standard InChI is InChI=1S/C15H22N2O3/c1-10-6-7-12(19-5)11(8-10)9-13(16)17-14(18)20-15(2,3)4/h6-8H,9H2,1-5H3,(H2,16,17,18). The Morgan fingerprint density at radius 1 is 1.35 bits per heavy atom. The van der Waals surface area contributed by atoms with Gasteiger partial charge in [-0.1, -0.05) is 17.7 Å². The zero-order valence-electron chi connectivity index (χ0n) is 12.7. The van der Waals surface area contributed by atoms with Gasteiger partial charge in [-0.05, 0) is 33.8 Å². The van der Waals surface area contributed by atoms with Crippen molar-refractivity contribution in [1.29, 1.82) is 0 Å². The van der Waals surface area contributed by atoms with Crippen LogP contribution in [0.4, 0.5) is 4.79 Å². The van der Waals surface area contributed by atoms with Crippen molar-refractivity contribution in [2.45, 2.75) is 39.7 Å². The van der Waals surface area contributed by atoms with Crippen LogP contribution in [-0.2, 0) is 11.2 Å². The number of carbonyl (C=O) groups excluding carboxylic acids is 1. The topological polar surface area (TPSA) is 73.9 Å². The van der Waals surface area contributed by atoms with Crippen molar-refractivity contribution in [2.75, 3.05) is 7.11 Å². The first-order valence-corrected chi connectivity index (χ1v) is 6.41. The highest BCUT2D eigenvalue weighted by Gasteiger charge is 2.16. The smallest absolute Gasteiger partial charge is 0.435 e. The molecule has 0 aliphatic heterocycles. The first kappa shape index (κ1) is 16.0. The predicted octanol–water partition coefficient (Wildman–Crippen LogP) is 2.84. The highest BCUT2D eigenvalue weighted by molar-refractivity contribution is 5.92. The molecule has 0 saturated heterocycles. The number of rotatable bonds is 3. The Morgan fingerprint density at radius 3 is 2.55 bits per heavy atom. The third-order valence-electron chi connectivity index (χ3n) is 2.44. The van der Waals surface area contributed by atoms with Gasteiger partial charge in [-0.3, -0.25) is 0 Å². The molecule has 0 fully saturated rings. The van der Waals surface area contributed by atoms with Crippen molar-refractivity contribution >= 4 is 11.9 Å². The molecule has 20 heavy (non-hydrogen) atoms. The lowest BCUT2D eigenvalue weighted by atomic mass is 10.1. The van der Waals surface area contributed by atoms with Gasteiger partial charge in [0, 0.05) is 12.0 Å². The number of ether oxygens (including phenoxy) is 2. The molecular weight excluding hydrogens is 256 g/mol. The molecule has 1 rings (SSSR count). The second-order valence-electron chi connectivity index (χ2n) is 5.58. The first-order valence-electron chi connectivity index (χ1n) is 6.41. The lowest BCUT2D eigenvalue weighted by molar-refractivity contribution is 0.0604. The third-order valence-corrected chi connectivity index (χ3v) is 2.44. The van der Waals surface area contributed by atoms with Gasteiger partial charge in [0.05, 0.1) is 7.11 Å². The molecule has 0 aliphatic carbocycles. The molecule has 0 saturated carbocycles. The molecule has 0 unspecified atom stereocenters. The minimum absolute atomic E-state index is 0.197. The summed E-state index contributed by atoms with van der Waals surface area (Å²) in [5.41, 5.74) is 7.19. The van der Waals surface area contributed by atoms with Crippen LogP contribution in [0.3, 0.4) is 0 Å². The molecule has 0 heterocycles. The Morgan fingerprint density at radius 2 is 2.00 bits per heavy atom. The lowest BCUT2D eigenvalue weighted by Gasteiger charge is -2.17. The summed E-state index contributed by atoms with van der Waals surface area (Å²) in [7, 11) is 1.59. The lowest BCUT2D eigenvalue weighted by Crippen LogP contribution is -2.24. The average molecular weight is 278 g/mol. The van der Waals surface area contributed by atoms with Crippen LogP contribution in [0.5, 0.6) is 5.75 Å². The van der Waals surface area contributed by atoms with E-state index in [1.807, 2.05) is 25.1 Å². The van der Waals surface area contributed by atoms with Crippen LogP contribution in [-0.4, -0.2) is 24.6 Å². The highest BCUT2D eigenvalue weighted by atomic mass is 16.6. The molecule has 2 N–H and O–H groups in total. The fourth-order valence-corrected chi connectivity index (χ4v) is 1.68. The Hall–Kier alpha value is -2.04. The Balaban J connectivity index is 2.82. The van der Waals surface area contributed by atoms with Gasteiger partial charge in [0.25, 0.3) is 0 Å².